The van der Waals surface area contributed by atoms with Gasteiger partial charge in [-0.3, -0.25) is 14.5 Å². The second-order valence-electron chi connectivity index (χ2n) is 5.46. The molecule has 0 aliphatic heterocycles. The molecule has 0 unspecified atom stereocenters. The standard InChI is InChI=1S/C18H18N4O/c1-13(21-18(23)17-11-20-22(2)12-17)14-3-5-15(6-4-14)16-7-9-19-10-8-16/h3-13H,1-2H3,(H,21,23)/t13-/m0/s1. The maximum absolute atomic E-state index is 12.2. The number of carbonyl (C=O) groups excluding carboxylic acids is 1. The number of carbonyl (C=O) groups is 1. The van der Waals surface area contributed by atoms with E-state index >= 15 is 0 Å². The summed E-state index contributed by atoms with van der Waals surface area (Å²) in [6.07, 6.45) is 6.82. The predicted octanol–water partition coefficient (Wildman–Crippen LogP) is 2.97. The first-order valence-corrected chi connectivity index (χ1v) is 7.43. The Hall–Kier alpha value is -2.95. The smallest absolute Gasteiger partial charge is 0.254 e. The molecule has 2 aromatic heterocycles. The van der Waals surface area contributed by atoms with Gasteiger partial charge in [0.1, 0.15) is 0 Å². The fourth-order valence-electron chi connectivity index (χ4n) is 2.41. The summed E-state index contributed by atoms with van der Waals surface area (Å²) in [5.74, 6) is -0.121. The highest BCUT2D eigenvalue weighted by Gasteiger charge is 2.12. The van der Waals surface area contributed by atoms with E-state index < -0.39 is 0 Å². The second kappa shape index (κ2) is 6.44. The average molecular weight is 306 g/mol. The van der Waals surface area contributed by atoms with Crippen molar-refractivity contribution in [3.8, 4) is 11.1 Å². The van der Waals surface area contributed by atoms with Gasteiger partial charge in [-0.1, -0.05) is 24.3 Å². The number of hydrogen-bond acceptors (Lipinski definition) is 3. The molecular formula is C18H18N4O. The topological polar surface area (TPSA) is 59.8 Å². The highest BCUT2D eigenvalue weighted by atomic mass is 16.1. The zero-order valence-corrected chi connectivity index (χ0v) is 13.1. The normalized spacial score (nSPS) is 11.9. The molecule has 1 N–H and O–H groups in total. The van der Waals surface area contributed by atoms with Gasteiger partial charge in [0.15, 0.2) is 0 Å². The number of benzene rings is 1. The van der Waals surface area contributed by atoms with Crippen LogP contribution in [0.5, 0.6) is 0 Å². The third-order valence-electron chi connectivity index (χ3n) is 3.74. The summed E-state index contributed by atoms with van der Waals surface area (Å²) in [7, 11) is 1.79. The highest BCUT2D eigenvalue weighted by Crippen LogP contribution is 2.21. The van der Waals surface area contributed by atoms with E-state index in [0.29, 0.717) is 5.56 Å². The largest absolute Gasteiger partial charge is 0.345 e. The molecule has 0 saturated heterocycles. The van der Waals surface area contributed by atoms with Crippen molar-refractivity contribution in [3.05, 3.63) is 72.3 Å². The Kier molecular flexibility index (Phi) is 4.19. The molecule has 23 heavy (non-hydrogen) atoms. The van der Waals surface area contributed by atoms with Gasteiger partial charge in [-0.2, -0.15) is 5.10 Å². The lowest BCUT2D eigenvalue weighted by Crippen LogP contribution is -2.26. The summed E-state index contributed by atoms with van der Waals surface area (Å²) in [4.78, 5) is 16.2. The molecule has 0 saturated carbocycles. The van der Waals surface area contributed by atoms with E-state index in [1.807, 2.05) is 31.2 Å². The van der Waals surface area contributed by atoms with Crippen molar-refractivity contribution < 1.29 is 4.79 Å². The lowest BCUT2D eigenvalue weighted by molar-refractivity contribution is 0.0940. The summed E-state index contributed by atoms with van der Waals surface area (Å²) in [6, 6.07) is 12.0. The Morgan fingerprint density at radius 1 is 1.09 bits per heavy atom. The molecule has 5 heteroatoms. The van der Waals surface area contributed by atoms with Crippen LogP contribution in [0.15, 0.2) is 61.2 Å². The molecule has 1 atom stereocenters. The number of pyridine rings is 1. The van der Waals surface area contributed by atoms with Gasteiger partial charge in [-0.15, -0.1) is 0 Å². The van der Waals surface area contributed by atoms with Gasteiger partial charge in [0.05, 0.1) is 17.8 Å². The van der Waals surface area contributed by atoms with Crippen molar-refractivity contribution in [3.63, 3.8) is 0 Å². The van der Waals surface area contributed by atoms with Gasteiger partial charge in [0.25, 0.3) is 5.91 Å². The van der Waals surface area contributed by atoms with Crippen molar-refractivity contribution in [2.45, 2.75) is 13.0 Å². The number of aromatic nitrogens is 3. The minimum absolute atomic E-state index is 0.0748. The molecule has 2 heterocycles. The molecule has 116 valence electrons. The SMILES string of the molecule is C[C@H](NC(=O)c1cnn(C)c1)c1ccc(-c2ccncc2)cc1. The molecule has 5 nitrogen and oxygen atoms in total. The number of nitrogens with one attached hydrogen (secondary N) is 1. The van der Waals surface area contributed by atoms with E-state index in [0.717, 1.165) is 16.7 Å². The predicted molar refractivity (Wildman–Crippen MR) is 88.8 cm³/mol. The average Bonchev–Trinajstić information content (AvgIpc) is 3.02. The lowest BCUT2D eigenvalue weighted by Gasteiger charge is -2.14. The van der Waals surface area contributed by atoms with Gasteiger partial charge < -0.3 is 5.32 Å². The quantitative estimate of drug-likeness (QED) is 0.806. The van der Waals surface area contributed by atoms with Crippen LogP contribution in [0.4, 0.5) is 0 Å². The van der Waals surface area contributed by atoms with Gasteiger partial charge in [-0.05, 0) is 35.7 Å². The Bertz CT molecular complexity index is 793. The van der Waals surface area contributed by atoms with Crippen molar-refractivity contribution in [2.24, 2.45) is 7.05 Å². The molecule has 0 bridgehead atoms. The van der Waals surface area contributed by atoms with Crippen LogP contribution in [-0.4, -0.2) is 20.7 Å². The molecule has 0 aliphatic carbocycles. The van der Waals surface area contributed by atoms with E-state index in [-0.39, 0.29) is 11.9 Å². The molecule has 1 amide bonds. The molecule has 0 aliphatic rings. The van der Waals surface area contributed by atoms with Crippen LogP contribution in [0.3, 0.4) is 0 Å². The maximum atomic E-state index is 12.2. The minimum atomic E-state index is -0.121. The van der Waals surface area contributed by atoms with Gasteiger partial charge >= 0.3 is 0 Å². The number of amides is 1. The summed E-state index contributed by atoms with van der Waals surface area (Å²) < 4.78 is 1.61. The van der Waals surface area contributed by atoms with E-state index in [2.05, 4.69) is 27.5 Å². The van der Waals surface area contributed by atoms with E-state index in [1.54, 1.807) is 36.5 Å². The second-order valence-corrected chi connectivity index (χ2v) is 5.46. The molecule has 3 rings (SSSR count). The van der Waals surface area contributed by atoms with Gasteiger partial charge in [0, 0.05) is 25.6 Å². The van der Waals surface area contributed by atoms with Crippen LogP contribution < -0.4 is 5.32 Å². The van der Waals surface area contributed by atoms with Crippen LogP contribution >= 0.6 is 0 Å². The minimum Gasteiger partial charge on any atom is -0.345 e. The number of rotatable bonds is 4. The Balaban J connectivity index is 1.70. The molecular weight excluding hydrogens is 288 g/mol. The number of aryl methyl sites for hydroxylation is 1. The molecule has 0 radical (unpaired) electrons. The first-order chi connectivity index (χ1) is 11.1. The summed E-state index contributed by atoms with van der Waals surface area (Å²) in [5, 5.41) is 7.00. The lowest BCUT2D eigenvalue weighted by atomic mass is 10.0. The van der Waals surface area contributed by atoms with Crippen LogP contribution in [0.1, 0.15) is 28.9 Å². The van der Waals surface area contributed by atoms with E-state index in [9.17, 15) is 4.79 Å². The van der Waals surface area contributed by atoms with Crippen LogP contribution in [0.25, 0.3) is 11.1 Å². The van der Waals surface area contributed by atoms with E-state index in [4.69, 9.17) is 0 Å². The number of hydrogen-bond donors (Lipinski definition) is 1. The first kappa shape index (κ1) is 15.0. The highest BCUT2D eigenvalue weighted by molar-refractivity contribution is 5.93. The van der Waals surface area contributed by atoms with Crippen molar-refractivity contribution >= 4 is 5.91 Å². The Labute approximate surface area is 135 Å². The zero-order valence-electron chi connectivity index (χ0n) is 13.1. The summed E-state index contributed by atoms with van der Waals surface area (Å²) in [6.45, 7) is 1.97. The third-order valence-corrected chi connectivity index (χ3v) is 3.74. The van der Waals surface area contributed by atoms with Crippen molar-refractivity contribution in [1.82, 2.24) is 20.1 Å². The third kappa shape index (κ3) is 3.45. The zero-order chi connectivity index (χ0) is 16.2. The fourth-order valence-corrected chi connectivity index (χ4v) is 2.41. The monoisotopic (exact) mass is 306 g/mol. The summed E-state index contributed by atoms with van der Waals surface area (Å²) >= 11 is 0. The summed E-state index contributed by atoms with van der Waals surface area (Å²) in [5.41, 5.74) is 3.87. The molecule has 0 fully saturated rings. The molecule has 0 spiro atoms. The molecule has 1 aromatic carbocycles. The van der Waals surface area contributed by atoms with Gasteiger partial charge in [-0.25, -0.2) is 0 Å². The number of nitrogens with zero attached hydrogens (tertiary/aromatic N) is 3. The van der Waals surface area contributed by atoms with Crippen LogP contribution in [0.2, 0.25) is 0 Å². The van der Waals surface area contributed by atoms with Crippen molar-refractivity contribution in [2.75, 3.05) is 0 Å². The van der Waals surface area contributed by atoms with Gasteiger partial charge in [0.2, 0.25) is 0 Å². The first-order valence-electron chi connectivity index (χ1n) is 7.43. The van der Waals surface area contributed by atoms with Crippen LogP contribution in [-0.2, 0) is 7.05 Å². The maximum Gasteiger partial charge on any atom is 0.254 e. The Morgan fingerprint density at radius 3 is 2.35 bits per heavy atom. The Morgan fingerprint density at radius 2 is 1.74 bits per heavy atom. The fraction of sp³-hybridized carbons (Fsp3) is 0.167. The van der Waals surface area contributed by atoms with Crippen LogP contribution in [0, 0.1) is 0 Å². The molecule has 3 aromatic rings. The van der Waals surface area contributed by atoms with Crippen molar-refractivity contribution in [1.29, 1.82) is 0 Å². The van der Waals surface area contributed by atoms with E-state index in [1.165, 1.54) is 0 Å².